The van der Waals surface area contributed by atoms with Gasteiger partial charge in [0, 0.05) is 30.1 Å². The zero-order chi connectivity index (χ0) is 10.9. The van der Waals surface area contributed by atoms with Crippen molar-refractivity contribution in [2.24, 2.45) is 0 Å². The first-order valence-electron chi connectivity index (χ1n) is 6.19. The quantitative estimate of drug-likeness (QED) is 0.784. The smallest absolute Gasteiger partial charge is 0.0774 e. The number of β-amino-alcohol motifs (C(OH)–C–C–N with tert-alkyl or cyclic N) is 1. The van der Waals surface area contributed by atoms with Gasteiger partial charge in [0.25, 0.3) is 0 Å². The van der Waals surface area contributed by atoms with E-state index in [2.05, 4.69) is 30.5 Å². The van der Waals surface area contributed by atoms with Crippen LogP contribution in [-0.2, 0) is 0 Å². The minimum absolute atomic E-state index is 0.365. The van der Waals surface area contributed by atoms with Gasteiger partial charge in [-0.2, -0.15) is 11.8 Å². The van der Waals surface area contributed by atoms with E-state index in [0.29, 0.717) is 11.3 Å². The Morgan fingerprint density at radius 2 is 2.00 bits per heavy atom. The highest BCUT2D eigenvalue weighted by molar-refractivity contribution is 8.00. The Kier molecular flexibility index (Phi) is 3.63. The van der Waals surface area contributed by atoms with Gasteiger partial charge in [-0.25, -0.2) is 0 Å². The van der Waals surface area contributed by atoms with Crippen LogP contribution in [0, 0.1) is 0 Å². The zero-order valence-electron chi connectivity index (χ0n) is 9.91. The molecule has 1 heterocycles. The third-order valence-electron chi connectivity index (χ3n) is 4.05. The van der Waals surface area contributed by atoms with Crippen molar-refractivity contribution in [1.29, 1.82) is 0 Å². The summed E-state index contributed by atoms with van der Waals surface area (Å²) >= 11 is 2.06. The average Bonchev–Trinajstić information content (AvgIpc) is 2.60. The van der Waals surface area contributed by atoms with Gasteiger partial charge in [0.1, 0.15) is 0 Å². The molecule has 1 aliphatic heterocycles. The van der Waals surface area contributed by atoms with Gasteiger partial charge < -0.3 is 5.11 Å². The minimum Gasteiger partial charge on any atom is -0.389 e. The van der Waals surface area contributed by atoms with Crippen LogP contribution in [0.2, 0.25) is 0 Å². The summed E-state index contributed by atoms with van der Waals surface area (Å²) in [7, 11) is 0. The lowest BCUT2D eigenvalue weighted by molar-refractivity contribution is -0.000388. The van der Waals surface area contributed by atoms with Crippen LogP contribution >= 0.6 is 11.8 Å². The minimum atomic E-state index is -0.365. The van der Waals surface area contributed by atoms with Crippen LogP contribution in [0.3, 0.4) is 0 Å². The SMILES string of the molecule is CC1SCCN(CC2(O)CCCC2)C1C. The van der Waals surface area contributed by atoms with E-state index in [1.54, 1.807) is 0 Å². The molecule has 15 heavy (non-hydrogen) atoms. The molecule has 2 rings (SSSR count). The van der Waals surface area contributed by atoms with E-state index in [9.17, 15) is 5.11 Å². The predicted octanol–water partition coefficient (Wildman–Crippen LogP) is 2.12. The first-order chi connectivity index (χ1) is 7.11. The summed E-state index contributed by atoms with van der Waals surface area (Å²) in [4.78, 5) is 2.49. The second-order valence-corrected chi connectivity index (χ2v) is 6.70. The number of hydrogen-bond acceptors (Lipinski definition) is 3. The highest BCUT2D eigenvalue weighted by Gasteiger charge is 2.36. The molecule has 1 saturated heterocycles. The molecule has 1 N–H and O–H groups in total. The lowest BCUT2D eigenvalue weighted by Crippen LogP contribution is -2.51. The second-order valence-electron chi connectivity index (χ2n) is 5.22. The lowest BCUT2D eigenvalue weighted by Gasteiger charge is -2.41. The van der Waals surface area contributed by atoms with E-state index in [1.807, 2.05) is 0 Å². The van der Waals surface area contributed by atoms with Crippen LogP contribution < -0.4 is 0 Å². The maximum atomic E-state index is 10.4. The Morgan fingerprint density at radius 1 is 1.33 bits per heavy atom. The third kappa shape index (κ3) is 2.69. The summed E-state index contributed by atoms with van der Waals surface area (Å²) in [5.41, 5.74) is -0.365. The molecule has 2 nitrogen and oxygen atoms in total. The summed E-state index contributed by atoms with van der Waals surface area (Å²) in [6.07, 6.45) is 4.45. The van der Waals surface area contributed by atoms with Gasteiger partial charge >= 0.3 is 0 Å². The Morgan fingerprint density at radius 3 is 2.67 bits per heavy atom. The van der Waals surface area contributed by atoms with Gasteiger partial charge in [-0.05, 0) is 19.8 Å². The molecular weight excluding hydrogens is 206 g/mol. The van der Waals surface area contributed by atoms with Gasteiger partial charge in [-0.3, -0.25) is 4.90 Å². The highest BCUT2D eigenvalue weighted by atomic mass is 32.2. The molecule has 0 bridgehead atoms. The summed E-state index contributed by atoms with van der Waals surface area (Å²) in [6, 6.07) is 0.619. The zero-order valence-corrected chi connectivity index (χ0v) is 10.7. The van der Waals surface area contributed by atoms with Crippen LogP contribution in [-0.4, -0.2) is 45.7 Å². The molecule has 2 unspecified atom stereocenters. The fraction of sp³-hybridized carbons (Fsp3) is 1.00. The predicted molar refractivity (Wildman–Crippen MR) is 66.4 cm³/mol. The average molecular weight is 229 g/mol. The first kappa shape index (κ1) is 11.7. The molecule has 2 aliphatic rings. The monoisotopic (exact) mass is 229 g/mol. The third-order valence-corrected chi connectivity index (χ3v) is 5.38. The van der Waals surface area contributed by atoms with Crippen molar-refractivity contribution in [3.05, 3.63) is 0 Å². The normalized spacial score (nSPS) is 37.0. The molecule has 1 saturated carbocycles. The molecule has 0 radical (unpaired) electrons. The Balaban J connectivity index is 1.92. The van der Waals surface area contributed by atoms with Gasteiger partial charge in [-0.15, -0.1) is 0 Å². The van der Waals surface area contributed by atoms with Gasteiger partial charge in [-0.1, -0.05) is 19.8 Å². The lowest BCUT2D eigenvalue weighted by atomic mass is 10.0. The molecule has 0 aromatic carbocycles. The maximum absolute atomic E-state index is 10.4. The van der Waals surface area contributed by atoms with Crippen molar-refractivity contribution < 1.29 is 5.11 Å². The van der Waals surface area contributed by atoms with Crippen molar-refractivity contribution >= 4 is 11.8 Å². The maximum Gasteiger partial charge on any atom is 0.0774 e. The highest BCUT2D eigenvalue weighted by Crippen LogP contribution is 2.33. The van der Waals surface area contributed by atoms with Crippen molar-refractivity contribution in [2.75, 3.05) is 18.8 Å². The van der Waals surface area contributed by atoms with Gasteiger partial charge in [0.05, 0.1) is 5.60 Å². The van der Waals surface area contributed by atoms with Gasteiger partial charge in [0.2, 0.25) is 0 Å². The fourth-order valence-electron chi connectivity index (χ4n) is 2.79. The van der Waals surface area contributed by atoms with Crippen LogP contribution in [0.5, 0.6) is 0 Å². The summed E-state index contributed by atoms with van der Waals surface area (Å²) < 4.78 is 0. The molecule has 1 aliphatic carbocycles. The van der Waals surface area contributed by atoms with E-state index in [1.165, 1.54) is 18.6 Å². The van der Waals surface area contributed by atoms with Crippen LogP contribution in [0.4, 0.5) is 0 Å². The van der Waals surface area contributed by atoms with Crippen molar-refractivity contribution in [3.8, 4) is 0 Å². The summed E-state index contributed by atoms with van der Waals surface area (Å²) in [5, 5.41) is 11.1. The molecule has 0 aromatic heterocycles. The molecule has 0 aromatic rings. The van der Waals surface area contributed by atoms with E-state index >= 15 is 0 Å². The Bertz CT molecular complexity index is 216. The first-order valence-corrected chi connectivity index (χ1v) is 7.24. The number of aliphatic hydroxyl groups is 1. The van der Waals surface area contributed by atoms with Crippen LogP contribution in [0.1, 0.15) is 39.5 Å². The second kappa shape index (κ2) is 4.64. The topological polar surface area (TPSA) is 23.5 Å². The molecule has 3 heteroatoms. The van der Waals surface area contributed by atoms with E-state index in [-0.39, 0.29) is 5.60 Å². The van der Waals surface area contributed by atoms with Gasteiger partial charge in [0.15, 0.2) is 0 Å². The number of rotatable bonds is 2. The summed E-state index contributed by atoms with van der Waals surface area (Å²) in [6.45, 7) is 6.66. The molecule has 0 amide bonds. The van der Waals surface area contributed by atoms with Crippen molar-refractivity contribution in [1.82, 2.24) is 4.90 Å². The summed E-state index contributed by atoms with van der Waals surface area (Å²) in [5.74, 6) is 1.22. The molecule has 2 fully saturated rings. The Labute approximate surface area is 97.4 Å². The number of hydrogen-bond donors (Lipinski definition) is 1. The molecule has 0 spiro atoms. The van der Waals surface area contributed by atoms with Crippen LogP contribution in [0.15, 0.2) is 0 Å². The largest absolute Gasteiger partial charge is 0.389 e. The number of thioether (sulfide) groups is 1. The Hall–Kier alpha value is 0.270. The van der Waals surface area contributed by atoms with Crippen molar-refractivity contribution in [3.63, 3.8) is 0 Å². The standard InChI is InChI=1S/C12H23NOS/c1-10-11(2)15-8-7-13(10)9-12(14)5-3-4-6-12/h10-11,14H,3-9H2,1-2H3. The van der Waals surface area contributed by atoms with Crippen molar-refractivity contribution in [2.45, 2.75) is 56.4 Å². The fourth-order valence-corrected chi connectivity index (χ4v) is 3.95. The number of nitrogens with zero attached hydrogens (tertiary/aromatic N) is 1. The van der Waals surface area contributed by atoms with E-state index < -0.39 is 0 Å². The van der Waals surface area contributed by atoms with E-state index in [4.69, 9.17) is 0 Å². The van der Waals surface area contributed by atoms with Crippen LogP contribution in [0.25, 0.3) is 0 Å². The van der Waals surface area contributed by atoms with E-state index in [0.717, 1.165) is 25.9 Å². The molecule has 2 atom stereocenters. The molecule has 88 valence electrons. The molecular formula is C12H23NOS.